The Bertz CT molecular complexity index is 1170. The number of ether oxygens (including phenoxy) is 1. The average Bonchev–Trinajstić information content (AvgIpc) is 3.26. The van der Waals surface area contributed by atoms with Crippen LogP contribution >= 0.6 is 11.8 Å². The number of aromatic nitrogens is 3. The van der Waals surface area contributed by atoms with E-state index >= 15 is 0 Å². The van der Waals surface area contributed by atoms with Crippen molar-refractivity contribution in [1.82, 2.24) is 20.1 Å². The minimum atomic E-state index is -0.796. The first-order valence-corrected chi connectivity index (χ1v) is 11.9. The number of methoxy groups -OCH3 is 1. The van der Waals surface area contributed by atoms with E-state index in [1.165, 1.54) is 11.8 Å². The molecule has 0 unspecified atom stereocenters. The lowest BCUT2D eigenvalue weighted by atomic mass is 10.1. The molecule has 0 saturated heterocycles. The van der Waals surface area contributed by atoms with Crippen molar-refractivity contribution < 1.29 is 19.4 Å². The molecule has 0 bridgehead atoms. The molecule has 0 saturated carbocycles. The molecular weight excluding hydrogens is 466 g/mol. The van der Waals surface area contributed by atoms with Gasteiger partial charge in [-0.1, -0.05) is 36.0 Å². The summed E-state index contributed by atoms with van der Waals surface area (Å²) in [7, 11) is 1.55. The molecule has 0 aliphatic rings. The predicted octanol–water partition coefficient (Wildman–Crippen LogP) is 3.28. The summed E-state index contributed by atoms with van der Waals surface area (Å²) in [5.74, 6) is 0.572. The molecule has 3 rings (SSSR count). The zero-order chi connectivity index (χ0) is 25.4. The monoisotopic (exact) mass is 495 g/mol. The first kappa shape index (κ1) is 26.0. The first-order chi connectivity index (χ1) is 16.9. The highest BCUT2D eigenvalue weighted by atomic mass is 32.2. The summed E-state index contributed by atoms with van der Waals surface area (Å²) >= 11 is 1.22. The van der Waals surface area contributed by atoms with Crippen molar-refractivity contribution in [1.29, 1.82) is 0 Å². The number of nitrogens with one attached hydrogen (secondary N) is 2. The summed E-state index contributed by atoms with van der Waals surface area (Å²) in [6, 6.07) is 11.7. The lowest BCUT2D eigenvalue weighted by Gasteiger charge is -2.17. The standard InChI is InChI=1S/C25H29N5O4S/c1-5-13-30-23(20(14-31)26-24(33)18-9-11-19(34-4)12-10-18)28-29-25(30)35-15-21(32)27-22-16(2)7-6-8-17(22)3/h5-12,20,31H,1,13-15H2,2-4H3,(H,26,33)(H,27,32)/t20-/m0/s1. The van der Waals surface area contributed by atoms with Gasteiger partial charge in [0, 0.05) is 17.8 Å². The highest BCUT2D eigenvalue weighted by Crippen LogP contribution is 2.23. The molecule has 1 aromatic heterocycles. The van der Waals surface area contributed by atoms with Crippen molar-refractivity contribution in [3.63, 3.8) is 0 Å². The van der Waals surface area contributed by atoms with Crippen LogP contribution in [0.5, 0.6) is 5.75 Å². The van der Waals surface area contributed by atoms with Crippen molar-refractivity contribution in [3.8, 4) is 5.75 Å². The van der Waals surface area contributed by atoms with Gasteiger partial charge < -0.3 is 25.0 Å². The van der Waals surface area contributed by atoms with E-state index in [0.29, 0.717) is 28.8 Å². The van der Waals surface area contributed by atoms with Gasteiger partial charge in [-0.15, -0.1) is 16.8 Å². The molecule has 2 aromatic carbocycles. The van der Waals surface area contributed by atoms with Gasteiger partial charge in [0.05, 0.1) is 19.5 Å². The number of carbonyl (C=O) groups is 2. The molecule has 0 aliphatic heterocycles. The van der Waals surface area contributed by atoms with Gasteiger partial charge in [0.15, 0.2) is 11.0 Å². The van der Waals surface area contributed by atoms with Crippen molar-refractivity contribution in [2.75, 3.05) is 24.8 Å². The minimum Gasteiger partial charge on any atom is -0.497 e. The number of nitrogens with zero attached hydrogens (tertiary/aromatic N) is 3. The Morgan fingerprint density at radius 2 is 1.86 bits per heavy atom. The fraction of sp³-hybridized carbons (Fsp3) is 0.280. The normalized spacial score (nSPS) is 11.5. The van der Waals surface area contributed by atoms with Crippen LogP contribution in [0.4, 0.5) is 5.69 Å². The van der Waals surface area contributed by atoms with Gasteiger partial charge in [0.25, 0.3) is 5.91 Å². The molecule has 10 heteroatoms. The third-order valence-corrected chi connectivity index (χ3v) is 6.25. The van der Waals surface area contributed by atoms with Gasteiger partial charge in [0.2, 0.25) is 5.91 Å². The van der Waals surface area contributed by atoms with Crippen molar-refractivity contribution >= 4 is 29.3 Å². The molecule has 1 heterocycles. The summed E-state index contributed by atoms with van der Waals surface area (Å²) in [5, 5.41) is 24.6. The molecule has 0 aliphatic carbocycles. The Morgan fingerprint density at radius 3 is 2.46 bits per heavy atom. The zero-order valence-corrected chi connectivity index (χ0v) is 20.8. The molecule has 3 aromatic rings. The van der Waals surface area contributed by atoms with E-state index in [2.05, 4.69) is 27.4 Å². The lowest BCUT2D eigenvalue weighted by Crippen LogP contribution is -2.33. The zero-order valence-electron chi connectivity index (χ0n) is 19.9. The predicted molar refractivity (Wildman–Crippen MR) is 136 cm³/mol. The fourth-order valence-corrected chi connectivity index (χ4v) is 4.21. The van der Waals surface area contributed by atoms with Gasteiger partial charge >= 0.3 is 0 Å². The SMILES string of the molecule is C=CCn1c(SCC(=O)Nc2c(C)cccc2C)nnc1[C@H](CO)NC(=O)c1ccc(OC)cc1. The molecule has 2 amide bonds. The Balaban J connectivity index is 1.71. The van der Waals surface area contributed by atoms with Gasteiger partial charge in [0.1, 0.15) is 11.8 Å². The summed E-state index contributed by atoms with van der Waals surface area (Å²) < 4.78 is 6.84. The quantitative estimate of drug-likeness (QED) is 0.276. The van der Waals surface area contributed by atoms with Crippen LogP contribution in [0.25, 0.3) is 0 Å². The molecule has 0 radical (unpaired) electrons. The number of allylic oxidation sites excluding steroid dienone is 1. The number of para-hydroxylation sites is 1. The van der Waals surface area contributed by atoms with Crippen LogP contribution in [-0.2, 0) is 11.3 Å². The molecular formula is C25H29N5O4S. The molecule has 0 fully saturated rings. The second-order valence-electron chi connectivity index (χ2n) is 7.78. The van der Waals surface area contributed by atoms with Crippen LogP contribution in [0, 0.1) is 13.8 Å². The number of thioether (sulfide) groups is 1. The van der Waals surface area contributed by atoms with Crippen molar-refractivity contribution in [3.05, 3.63) is 77.6 Å². The highest BCUT2D eigenvalue weighted by molar-refractivity contribution is 7.99. The lowest BCUT2D eigenvalue weighted by molar-refractivity contribution is -0.113. The van der Waals surface area contributed by atoms with E-state index in [1.54, 1.807) is 42.0 Å². The molecule has 184 valence electrons. The van der Waals surface area contributed by atoms with E-state index in [1.807, 2.05) is 32.0 Å². The maximum Gasteiger partial charge on any atom is 0.251 e. The number of aliphatic hydroxyl groups is 1. The number of hydrogen-bond donors (Lipinski definition) is 3. The van der Waals surface area contributed by atoms with E-state index in [4.69, 9.17) is 4.74 Å². The van der Waals surface area contributed by atoms with E-state index < -0.39 is 6.04 Å². The summed E-state index contributed by atoms with van der Waals surface area (Å²) in [5.41, 5.74) is 3.18. The molecule has 3 N–H and O–H groups in total. The second kappa shape index (κ2) is 12.2. The van der Waals surface area contributed by atoms with Crippen LogP contribution in [0.2, 0.25) is 0 Å². The summed E-state index contributed by atoms with van der Waals surface area (Å²) in [4.78, 5) is 25.3. The number of aliphatic hydroxyl groups excluding tert-OH is 1. The third-order valence-electron chi connectivity index (χ3n) is 5.29. The summed E-state index contributed by atoms with van der Waals surface area (Å²) in [6.45, 7) is 7.62. The van der Waals surface area contributed by atoms with Gasteiger partial charge in [-0.05, 0) is 49.2 Å². The largest absolute Gasteiger partial charge is 0.497 e. The number of rotatable bonds is 11. The van der Waals surface area contributed by atoms with Gasteiger partial charge in [-0.3, -0.25) is 9.59 Å². The van der Waals surface area contributed by atoms with E-state index in [-0.39, 0.29) is 24.2 Å². The average molecular weight is 496 g/mol. The van der Waals surface area contributed by atoms with Crippen LogP contribution < -0.4 is 15.4 Å². The Morgan fingerprint density at radius 1 is 1.17 bits per heavy atom. The third kappa shape index (κ3) is 6.49. The smallest absolute Gasteiger partial charge is 0.251 e. The number of anilines is 1. The number of amides is 2. The molecule has 0 spiro atoms. The second-order valence-corrected chi connectivity index (χ2v) is 8.72. The maximum absolute atomic E-state index is 12.7. The van der Waals surface area contributed by atoms with E-state index in [0.717, 1.165) is 16.8 Å². The Hall–Kier alpha value is -3.63. The van der Waals surface area contributed by atoms with Gasteiger partial charge in [-0.2, -0.15) is 0 Å². The first-order valence-electron chi connectivity index (χ1n) is 11.0. The molecule has 9 nitrogen and oxygen atoms in total. The Kier molecular flexibility index (Phi) is 9.04. The van der Waals surface area contributed by atoms with Crippen LogP contribution in [0.3, 0.4) is 0 Å². The van der Waals surface area contributed by atoms with Gasteiger partial charge in [-0.25, -0.2) is 0 Å². The maximum atomic E-state index is 12.7. The highest BCUT2D eigenvalue weighted by Gasteiger charge is 2.23. The number of aryl methyl sites for hydroxylation is 2. The summed E-state index contributed by atoms with van der Waals surface area (Å²) in [6.07, 6.45) is 1.66. The minimum absolute atomic E-state index is 0.116. The van der Waals surface area contributed by atoms with E-state index in [9.17, 15) is 14.7 Å². The fourth-order valence-electron chi connectivity index (χ4n) is 3.46. The molecule has 35 heavy (non-hydrogen) atoms. The number of carbonyl (C=O) groups excluding carboxylic acids is 2. The number of benzene rings is 2. The van der Waals surface area contributed by atoms with Crippen molar-refractivity contribution in [2.45, 2.75) is 31.6 Å². The van der Waals surface area contributed by atoms with Crippen LogP contribution in [0.1, 0.15) is 33.4 Å². The van der Waals surface area contributed by atoms with Crippen molar-refractivity contribution in [2.24, 2.45) is 0 Å². The van der Waals surface area contributed by atoms with Crippen LogP contribution in [0.15, 0.2) is 60.3 Å². The topological polar surface area (TPSA) is 118 Å². The molecule has 1 atom stereocenters. The van der Waals surface area contributed by atoms with Crippen LogP contribution in [-0.4, -0.2) is 51.2 Å². The number of hydrogen-bond acceptors (Lipinski definition) is 7. The Labute approximate surface area is 208 Å².